The first kappa shape index (κ1) is 31.5. The lowest BCUT2D eigenvalue weighted by molar-refractivity contribution is -0.134. The third-order valence-corrected chi connectivity index (χ3v) is 8.31. The summed E-state index contributed by atoms with van der Waals surface area (Å²) in [5.74, 6) is -0.203. The van der Waals surface area contributed by atoms with Crippen molar-refractivity contribution in [1.29, 1.82) is 0 Å². The van der Waals surface area contributed by atoms with Crippen molar-refractivity contribution < 1.29 is 9.59 Å². The van der Waals surface area contributed by atoms with E-state index in [0.717, 1.165) is 27.8 Å². The molecular weight excluding hydrogens is 560 g/mol. The van der Waals surface area contributed by atoms with Crippen LogP contribution >= 0.6 is 0 Å². The molecule has 2 amide bonds. The van der Waals surface area contributed by atoms with Crippen molar-refractivity contribution in [2.75, 3.05) is 13.1 Å². The summed E-state index contributed by atoms with van der Waals surface area (Å²) in [6.45, 7) is 2.84. The van der Waals surface area contributed by atoms with Crippen molar-refractivity contribution in [2.45, 2.75) is 50.4 Å². The molecule has 1 heterocycles. The maximum Gasteiger partial charge on any atom is 0.242 e. The average molecular weight is 603 g/mol. The highest BCUT2D eigenvalue weighted by Gasteiger charge is 2.39. The monoisotopic (exact) mass is 602 g/mol. The van der Waals surface area contributed by atoms with Gasteiger partial charge in [0.05, 0.1) is 18.5 Å². The van der Waals surface area contributed by atoms with Gasteiger partial charge in [-0.1, -0.05) is 122 Å². The van der Waals surface area contributed by atoms with Crippen LogP contribution in [0.5, 0.6) is 0 Å². The minimum atomic E-state index is -0.665. The zero-order chi connectivity index (χ0) is 31.6. The fourth-order valence-corrected chi connectivity index (χ4v) is 6.03. The zero-order valence-electron chi connectivity index (χ0n) is 25.7. The molecule has 0 radical (unpaired) electrons. The van der Waals surface area contributed by atoms with E-state index in [-0.39, 0.29) is 36.3 Å². The molecule has 0 saturated carbocycles. The van der Waals surface area contributed by atoms with E-state index in [1.807, 2.05) is 90.7 Å². The van der Waals surface area contributed by atoms with Gasteiger partial charge in [-0.05, 0) is 40.7 Å². The van der Waals surface area contributed by atoms with Gasteiger partial charge in [-0.15, -0.1) is 0 Å². The third-order valence-electron chi connectivity index (χ3n) is 8.31. The van der Waals surface area contributed by atoms with Crippen molar-refractivity contribution >= 4 is 17.8 Å². The minimum absolute atomic E-state index is 0.0574. The lowest BCUT2D eigenvalue weighted by Crippen LogP contribution is -2.54. The molecule has 1 fully saturated rings. The first-order chi connectivity index (χ1) is 21.9. The van der Waals surface area contributed by atoms with Crippen molar-refractivity contribution in [2.24, 2.45) is 16.5 Å². The zero-order valence-corrected chi connectivity index (χ0v) is 25.7. The van der Waals surface area contributed by atoms with Gasteiger partial charge in [-0.25, -0.2) is 4.99 Å². The summed E-state index contributed by atoms with van der Waals surface area (Å²) in [5.41, 5.74) is 16.8. The van der Waals surface area contributed by atoms with E-state index in [0.29, 0.717) is 25.9 Å². The minimum Gasteiger partial charge on any atom is -0.370 e. The highest BCUT2D eigenvalue weighted by atomic mass is 16.2. The second kappa shape index (κ2) is 15.2. The van der Waals surface area contributed by atoms with Gasteiger partial charge < -0.3 is 21.7 Å². The summed E-state index contributed by atoms with van der Waals surface area (Å²) >= 11 is 0. The van der Waals surface area contributed by atoms with Crippen molar-refractivity contribution in [1.82, 2.24) is 15.5 Å². The largest absolute Gasteiger partial charge is 0.370 e. The van der Waals surface area contributed by atoms with Crippen molar-refractivity contribution in [3.05, 3.63) is 132 Å². The van der Waals surface area contributed by atoms with Gasteiger partial charge in [0.15, 0.2) is 5.96 Å². The Morgan fingerprint density at radius 1 is 0.867 bits per heavy atom. The first-order valence-corrected chi connectivity index (χ1v) is 15.6. The number of carbonyl (C=O) groups is 2. The second-order valence-corrected chi connectivity index (χ2v) is 11.5. The normalized spacial score (nSPS) is 17.4. The summed E-state index contributed by atoms with van der Waals surface area (Å²) in [6, 6.07) is 36.8. The van der Waals surface area contributed by atoms with Crippen LogP contribution in [0.15, 0.2) is 120 Å². The summed E-state index contributed by atoms with van der Waals surface area (Å²) in [7, 11) is 0. The smallest absolute Gasteiger partial charge is 0.242 e. The molecule has 0 aromatic heterocycles. The third kappa shape index (κ3) is 8.16. The van der Waals surface area contributed by atoms with Crippen LogP contribution in [0.25, 0.3) is 11.1 Å². The standard InChI is InChI=1S/C37H42N6O2/c1-2-32(42-37(38)39)34-36(45)43(35(29-14-8-4-9-15-29)30-16-10-5-11-17-30)23-22-31(41-34)25-40-33(44)24-26-18-20-28(21-19-26)27-12-6-3-7-13-27/h3-21,31-32,34-35,41H,2,22-25H2,1H3,(H,40,44)(H4,38,39,42)/t31-,32?,34+/m1/s1. The van der Waals surface area contributed by atoms with Gasteiger partial charge in [0, 0.05) is 19.1 Å². The van der Waals surface area contributed by atoms with Crippen LogP contribution in [0.4, 0.5) is 0 Å². The highest BCUT2D eigenvalue weighted by molar-refractivity contribution is 5.85. The number of rotatable bonds is 11. The number of nitrogens with one attached hydrogen (secondary N) is 2. The Morgan fingerprint density at radius 3 is 1.98 bits per heavy atom. The maximum atomic E-state index is 14.4. The van der Waals surface area contributed by atoms with Gasteiger partial charge >= 0.3 is 0 Å². The van der Waals surface area contributed by atoms with E-state index >= 15 is 0 Å². The molecule has 232 valence electrons. The Labute approximate surface area is 265 Å². The molecule has 4 aromatic rings. The molecule has 1 saturated heterocycles. The van der Waals surface area contributed by atoms with Gasteiger partial charge in [-0.2, -0.15) is 0 Å². The summed E-state index contributed by atoms with van der Waals surface area (Å²) in [5, 5.41) is 6.63. The predicted octanol–water partition coefficient (Wildman–Crippen LogP) is 4.41. The number of nitrogens with zero attached hydrogens (tertiary/aromatic N) is 2. The number of hydrogen-bond acceptors (Lipinski definition) is 4. The molecule has 8 heteroatoms. The summed E-state index contributed by atoms with van der Waals surface area (Å²) in [4.78, 5) is 33.8. The molecule has 6 N–H and O–H groups in total. The molecule has 3 atom stereocenters. The Balaban J connectivity index is 1.33. The van der Waals surface area contributed by atoms with Crippen LogP contribution in [0.1, 0.15) is 42.5 Å². The SMILES string of the molecule is CCC(N=C(N)N)[C@@H]1N[C@@H](CNC(=O)Cc2ccc(-c3ccccc3)cc2)CCN(C(c2ccccc2)c2ccccc2)C1=O. The molecule has 1 aliphatic heterocycles. The fraction of sp³-hybridized carbons (Fsp3) is 0.270. The first-order valence-electron chi connectivity index (χ1n) is 15.6. The number of nitrogens with two attached hydrogens (primary N) is 2. The molecular formula is C37H42N6O2. The lowest BCUT2D eigenvalue weighted by Gasteiger charge is -2.34. The van der Waals surface area contributed by atoms with Crippen LogP contribution in [-0.4, -0.2) is 53.9 Å². The average Bonchev–Trinajstić information content (AvgIpc) is 3.23. The second-order valence-electron chi connectivity index (χ2n) is 11.5. The Morgan fingerprint density at radius 2 is 1.42 bits per heavy atom. The Bertz CT molecular complexity index is 1520. The van der Waals surface area contributed by atoms with E-state index in [4.69, 9.17) is 11.5 Å². The van der Waals surface area contributed by atoms with Crippen molar-refractivity contribution in [3.63, 3.8) is 0 Å². The summed E-state index contributed by atoms with van der Waals surface area (Å²) in [6.07, 6.45) is 1.48. The summed E-state index contributed by atoms with van der Waals surface area (Å²) < 4.78 is 0. The van der Waals surface area contributed by atoms with Gasteiger partial charge in [0.1, 0.15) is 6.04 Å². The van der Waals surface area contributed by atoms with Crippen LogP contribution in [-0.2, 0) is 16.0 Å². The van der Waals surface area contributed by atoms with Gasteiger partial charge in [0.2, 0.25) is 11.8 Å². The fourth-order valence-electron chi connectivity index (χ4n) is 6.03. The molecule has 4 aromatic carbocycles. The van der Waals surface area contributed by atoms with Crippen LogP contribution in [0.3, 0.4) is 0 Å². The number of guanidine groups is 1. The van der Waals surface area contributed by atoms with E-state index in [1.54, 1.807) is 0 Å². The molecule has 1 unspecified atom stereocenters. The Kier molecular flexibility index (Phi) is 10.6. The van der Waals surface area contributed by atoms with E-state index < -0.39 is 12.1 Å². The molecule has 0 spiro atoms. The van der Waals surface area contributed by atoms with E-state index in [1.165, 1.54) is 0 Å². The maximum absolute atomic E-state index is 14.4. The number of hydrogen-bond donors (Lipinski definition) is 4. The molecule has 1 aliphatic rings. The van der Waals surface area contributed by atoms with E-state index in [9.17, 15) is 9.59 Å². The molecule has 0 bridgehead atoms. The van der Waals surface area contributed by atoms with Crippen LogP contribution in [0, 0.1) is 0 Å². The molecule has 8 nitrogen and oxygen atoms in total. The quantitative estimate of drug-likeness (QED) is 0.150. The molecule has 0 aliphatic carbocycles. The topological polar surface area (TPSA) is 126 Å². The number of amides is 2. The predicted molar refractivity (Wildman–Crippen MR) is 180 cm³/mol. The van der Waals surface area contributed by atoms with Crippen LogP contribution in [0.2, 0.25) is 0 Å². The molecule has 45 heavy (non-hydrogen) atoms. The van der Waals surface area contributed by atoms with Gasteiger partial charge in [-0.3, -0.25) is 14.9 Å². The van der Waals surface area contributed by atoms with E-state index in [2.05, 4.69) is 52.0 Å². The van der Waals surface area contributed by atoms with Crippen molar-refractivity contribution in [3.8, 4) is 11.1 Å². The lowest BCUT2D eigenvalue weighted by atomic mass is 9.95. The van der Waals surface area contributed by atoms with Gasteiger partial charge in [0.25, 0.3) is 0 Å². The Hall–Kier alpha value is -4.95. The number of aliphatic imine (C=N–C) groups is 1. The van der Waals surface area contributed by atoms with Crippen LogP contribution < -0.4 is 22.1 Å². The highest BCUT2D eigenvalue weighted by Crippen LogP contribution is 2.31. The molecule has 5 rings (SSSR count). The number of benzene rings is 4. The number of carbonyl (C=O) groups excluding carboxylic acids is 2.